The molecular weight excluding hydrogens is 414 g/mol. The van der Waals surface area contributed by atoms with Crippen LogP contribution < -0.4 is 9.47 Å². The molecule has 1 unspecified atom stereocenters. The molecule has 0 aromatic heterocycles. The number of nitrogens with zero attached hydrogens (tertiary/aromatic N) is 1. The van der Waals surface area contributed by atoms with Gasteiger partial charge in [-0.05, 0) is 54.8 Å². The lowest BCUT2D eigenvalue weighted by Crippen LogP contribution is -2.38. The van der Waals surface area contributed by atoms with Gasteiger partial charge < -0.3 is 14.3 Å². The second kappa shape index (κ2) is 10.6. The Morgan fingerprint density at radius 1 is 0.969 bits per heavy atom. The average Bonchev–Trinajstić information content (AvgIpc) is 3.23. The highest BCUT2D eigenvalue weighted by molar-refractivity contribution is 6.76. The van der Waals surface area contributed by atoms with Gasteiger partial charge in [-0.25, -0.2) is 0 Å². The largest absolute Gasteiger partial charge is 0.497 e. The van der Waals surface area contributed by atoms with Crippen LogP contribution in [0.2, 0.25) is 25.7 Å². The van der Waals surface area contributed by atoms with Crippen molar-refractivity contribution in [1.29, 1.82) is 0 Å². The predicted octanol–water partition coefficient (Wildman–Crippen LogP) is 7.05. The van der Waals surface area contributed by atoms with E-state index in [0.717, 1.165) is 48.9 Å². The fourth-order valence-electron chi connectivity index (χ4n) is 4.73. The van der Waals surface area contributed by atoms with Crippen molar-refractivity contribution in [2.75, 3.05) is 13.7 Å². The van der Waals surface area contributed by atoms with Crippen molar-refractivity contribution in [1.82, 2.24) is 0 Å². The summed E-state index contributed by atoms with van der Waals surface area (Å²) in [5.41, 5.74) is 3.31. The van der Waals surface area contributed by atoms with Crippen molar-refractivity contribution in [3.05, 3.63) is 59.7 Å². The fourth-order valence-corrected chi connectivity index (χ4v) is 6.31. The summed E-state index contributed by atoms with van der Waals surface area (Å²) in [5.74, 6) is 1.77. The first-order chi connectivity index (χ1) is 15.3. The minimum Gasteiger partial charge on any atom is -0.497 e. The van der Waals surface area contributed by atoms with Crippen molar-refractivity contribution in [2.45, 2.75) is 76.7 Å². The Bertz CT molecular complexity index is 887. The second-order valence-corrected chi connectivity index (χ2v) is 15.5. The van der Waals surface area contributed by atoms with E-state index in [1.807, 2.05) is 6.92 Å². The standard InChI is InChI=1S/C27H39NO3Si/c1-7-9-18-27(21-10-14-23(29-3)15-11-21,22-12-16-24(17-13-22)30-8-2)26-19-25(31-28-26)20-32(4,5)6/h10-17,25H,7-9,18-20H2,1-6H3/t25?,27-/m0/s1. The Morgan fingerprint density at radius 2 is 1.56 bits per heavy atom. The molecule has 1 heterocycles. The van der Waals surface area contributed by atoms with Crippen molar-refractivity contribution in [3.8, 4) is 11.5 Å². The zero-order chi connectivity index (χ0) is 23.2. The maximum absolute atomic E-state index is 6.05. The number of hydrogen-bond acceptors (Lipinski definition) is 4. The lowest BCUT2D eigenvalue weighted by atomic mass is 9.66. The summed E-state index contributed by atoms with van der Waals surface area (Å²) < 4.78 is 11.2. The fraction of sp³-hybridized carbons (Fsp3) is 0.519. The van der Waals surface area contributed by atoms with Gasteiger partial charge in [0.1, 0.15) is 17.6 Å². The number of unbranched alkanes of at least 4 members (excludes halogenated alkanes) is 1. The number of ether oxygens (including phenoxy) is 2. The first kappa shape index (κ1) is 24.4. The maximum Gasteiger partial charge on any atom is 0.130 e. The van der Waals surface area contributed by atoms with E-state index in [1.165, 1.54) is 11.1 Å². The summed E-state index contributed by atoms with van der Waals surface area (Å²) in [4.78, 5) is 6.05. The van der Waals surface area contributed by atoms with Crippen LogP contribution in [0.4, 0.5) is 0 Å². The highest BCUT2D eigenvalue weighted by atomic mass is 28.3. The van der Waals surface area contributed by atoms with Crippen molar-refractivity contribution < 1.29 is 14.3 Å². The van der Waals surface area contributed by atoms with Gasteiger partial charge in [0.05, 0.1) is 24.8 Å². The Labute approximate surface area is 195 Å². The maximum atomic E-state index is 6.05. The van der Waals surface area contributed by atoms with Crippen LogP contribution in [0.1, 0.15) is 50.7 Å². The molecule has 2 atom stereocenters. The number of rotatable bonds is 11. The molecule has 1 aliphatic rings. The van der Waals surface area contributed by atoms with Crippen LogP contribution >= 0.6 is 0 Å². The topological polar surface area (TPSA) is 40.0 Å². The van der Waals surface area contributed by atoms with Crippen LogP contribution in [-0.4, -0.2) is 33.6 Å². The normalized spacial score (nSPS) is 17.9. The van der Waals surface area contributed by atoms with Crippen LogP contribution in [-0.2, 0) is 10.3 Å². The molecule has 0 fully saturated rings. The molecule has 0 spiro atoms. The summed E-state index contributed by atoms with van der Waals surface area (Å²) in [7, 11) is 0.455. The molecule has 5 heteroatoms. The Kier molecular flexibility index (Phi) is 8.04. The van der Waals surface area contributed by atoms with Crippen LogP contribution in [0, 0.1) is 0 Å². The van der Waals surface area contributed by atoms with Crippen LogP contribution in [0.3, 0.4) is 0 Å². The summed E-state index contributed by atoms with van der Waals surface area (Å²) in [6.07, 6.45) is 4.29. The van der Waals surface area contributed by atoms with E-state index in [9.17, 15) is 0 Å². The van der Waals surface area contributed by atoms with E-state index in [-0.39, 0.29) is 11.5 Å². The molecule has 0 saturated heterocycles. The average molecular weight is 454 g/mol. The minimum atomic E-state index is -1.26. The third-order valence-corrected chi connectivity index (χ3v) is 7.89. The first-order valence-electron chi connectivity index (χ1n) is 11.9. The molecule has 0 radical (unpaired) electrons. The lowest BCUT2D eigenvalue weighted by Gasteiger charge is -2.35. The number of oxime groups is 1. The second-order valence-electron chi connectivity index (χ2n) is 9.93. The number of hydrogen-bond donors (Lipinski definition) is 0. The van der Waals surface area contributed by atoms with E-state index in [0.29, 0.717) is 6.61 Å². The molecule has 1 aliphatic heterocycles. The van der Waals surface area contributed by atoms with E-state index < -0.39 is 8.07 Å². The molecule has 174 valence electrons. The summed E-state index contributed by atoms with van der Waals surface area (Å²) in [6, 6.07) is 18.2. The van der Waals surface area contributed by atoms with Crippen LogP contribution in [0.15, 0.2) is 53.7 Å². The molecule has 0 saturated carbocycles. The minimum absolute atomic E-state index is 0.179. The molecule has 2 aromatic rings. The summed E-state index contributed by atoms with van der Waals surface area (Å²) in [5, 5.41) is 4.76. The molecule has 0 bridgehead atoms. The predicted molar refractivity (Wildman–Crippen MR) is 136 cm³/mol. The monoisotopic (exact) mass is 453 g/mol. The van der Waals surface area contributed by atoms with Crippen LogP contribution in [0.25, 0.3) is 0 Å². The molecule has 4 nitrogen and oxygen atoms in total. The van der Waals surface area contributed by atoms with Gasteiger partial charge in [-0.15, -0.1) is 0 Å². The molecule has 0 amide bonds. The van der Waals surface area contributed by atoms with E-state index >= 15 is 0 Å². The van der Waals surface area contributed by atoms with Gasteiger partial charge in [-0.1, -0.05) is 68.8 Å². The summed E-state index contributed by atoms with van der Waals surface area (Å²) >= 11 is 0. The van der Waals surface area contributed by atoms with E-state index in [2.05, 4.69) is 75.1 Å². The number of benzene rings is 2. The van der Waals surface area contributed by atoms with Crippen molar-refractivity contribution >= 4 is 13.8 Å². The quantitative estimate of drug-likeness (QED) is 0.342. The Morgan fingerprint density at radius 3 is 2.06 bits per heavy atom. The third kappa shape index (κ3) is 5.55. The molecule has 32 heavy (non-hydrogen) atoms. The molecule has 0 aliphatic carbocycles. The molecular formula is C27H39NO3Si. The van der Waals surface area contributed by atoms with Gasteiger partial charge in [0.15, 0.2) is 0 Å². The zero-order valence-corrected chi connectivity index (χ0v) is 21.6. The smallest absolute Gasteiger partial charge is 0.130 e. The van der Waals surface area contributed by atoms with Gasteiger partial charge in [0.25, 0.3) is 0 Å². The van der Waals surface area contributed by atoms with Gasteiger partial charge in [-0.3, -0.25) is 0 Å². The van der Waals surface area contributed by atoms with Gasteiger partial charge >= 0.3 is 0 Å². The number of methoxy groups -OCH3 is 1. The lowest BCUT2D eigenvalue weighted by molar-refractivity contribution is 0.0984. The van der Waals surface area contributed by atoms with Crippen molar-refractivity contribution in [2.24, 2.45) is 5.16 Å². The van der Waals surface area contributed by atoms with Crippen LogP contribution in [0.5, 0.6) is 11.5 Å². The first-order valence-corrected chi connectivity index (χ1v) is 15.6. The Balaban J connectivity index is 2.08. The van der Waals surface area contributed by atoms with E-state index in [1.54, 1.807) is 7.11 Å². The Hall–Kier alpha value is -2.27. The van der Waals surface area contributed by atoms with E-state index in [4.69, 9.17) is 19.5 Å². The molecule has 2 aromatic carbocycles. The van der Waals surface area contributed by atoms with Gasteiger partial charge in [0, 0.05) is 14.5 Å². The van der Waals surface area contributed by atoms with Crippen molar-refractivity contribution in [3.63, 3.8) is 0 Å². The van der Waals surface area contributed by atoms with Gasteiger partial charge in [0.2, 0.25) is 0 Å². The summed E-state index contributed by atoms with van der Waals surface area (Å²) in [6.45, 7) is 12.1. The highest BCUT2D eigenvalue weighted by Crippen LogP contribution is 2.43. The van der Waals surface area contributed by atoms with Gasteiger partial charge in [-0.2, -0.15) is 0 Å². The highest BCUT2D eigenvalue weighted by Gasteiger charge is 2.43. The zero-order valence-electron chi connectivity index (χ0n) is 20.6. The SMILES string of the molecule is CCCC[C@](C1=NOC(C[Si](C)(C)C)C1)(c1ccc(OC)cc1)c1ccc(OCC)cc1. The molecule has 3 rings (SSSR count). The third-order valence-electron chi connectivity index (χ3n) is 6.21. The molecule has 0 N–H and O–H groups in total.